The fourth-order valence-corrected chi connectivity index (χ4v) is 1.99. The lowest BCUT2D eigenvalue weighted by molar-refractivity contribution is -0.119. The molecule has 0 fully saturated rings. The van der Waals surface area contributed by atoms with Crippen LogP contribution in [0.2, 0.25) is 5.02 Å². The van der Waals surface area contributed by atoms with E-state index in [0.29, 0.717) is 11.6 Å². The molecule has 20 heavy (non-hydrogen) atoms. The number of nitrogens with zero attached hydrogens (tertiary/aromatic N) is 1. The van der Waals surface area contributed by atoms with Crippen LogP contribution in [0.3, 0.4) is 0 Å². The van der Waals surface area contributed by atoms with E-state index in [-0.39, 0.29) is 12.5 Å². The van der Waals surface area contributed by atoms with Crippen molar-refractivity contribution >= 4 is 23.2 Å². The molecule has 0 saturated heterocycles. The molecule has 104 valence electrons. The average Bonchev–Trinajstić information content (AvgIpc) is 2.45. The van der Waals surface area contributed by atoms with Crippen molar-refractivity contribution in [3.63, 3.8) is 0 Å². The minimum Gasteiger partial charge on any atom is -0.376 e. The Morgan fingerprint density at radius 2 is 2.00 bits per heavy atom. The van der Waals surface area contributed by atoms with Gasteiger partial charge in [0, 0.05) is 29.6 Å². The molecule has 1 aromatic carbocycles. The number of aromatic nitrogens is 1. The molecular formula is C15H16ClN3O. The van der Waals surface area contributed by atoms with Gasteiger partial charge in [0.15, 0.2) is 0 Å². The van der Waals surface area contributed by atoms with Crippen LogP contribution >= 0.6 is 11.6 Å². The molecule has 0 saturated carbocycles. The number of carbonyl (C=O) groups is 1. The van der Waals surface area contributed by atoms with Crippen LogP contribution in [0, 0.1) is 6.92 Å². The molecule has 0 bridgehead atoms. The molecule has 0 unspecified atom stereocenters. The summed E-state index contributed by atoms with van der Waals surface area (Å²) in [6, 6.07) is 9.27. The van der Waals surface area contributed by atoms with Gasteiger partial charge < -0.3 is 10.6 Å². The monoisotopic (exact) mass is 289 g/mol. The number of carbonyl (C=O) groups excluding carboxylic acids is 1. The van der Waals surface area contributed by atoms with Crippen LogP contribution in [0.5, 0.6) is 0 Å². The average molecular weight is 290 g/mol. The predicted octanol–water partition coefficient (Wildman–Crippen LogP) is 2.77. The highest BCUT2D eigenvalue weighted by Crippen LogP contribution is 2.19. The number of aryl methyl sites for hydroxylation is 1. The molecule has 2 N–H and O–H groups in total. The Morgan fingerprint density at radius 1 is 1.25 bits per heavy atom. The van der Waals surface area contributed by atoms with E-state index in [2.05, 4.69) is 15.6 Å². The van der Waals surface area contributed by atoms with Gasteiger partial charge in [-0.2, -0.15) is 0 Å². The van der Waals surface area contributed by atoms with Crippen LogP contribution in [0.4, 0.5) is 5.69 Å². The number of hydrogen-bond donors (Lipinski definition) is 2. The summed E-state index contributed by atoms with van der Waals surface area (Å²) >= 11 is 5.89. The van der Waals surface area contributed by atoms with Crippen LogP contribution in [0.25, 0.3) is 0 Å². The summed E-state index contributed by atoms with van der Waals surface area (Å²) in [6.45, 7) is 2.68. The fourth-order valence-electron chi connectivity index (χ4n) is 1.76. The van der Waals surface area contributed by atoms with E-state index in [9.17, 15) is 4.79 Å². The van der Waals surface area contributed by atoms with E-state index in [1.54, 1.807) is 18.5 Å². The summed E-state index contributed by atoms with van der Waals surface area (Å²) in [5.41, 5.74) is 2.95. The highest BCUT2D eigenvalue weighted by molar-refractivity contribution is 6.30. The summed E-state index contributed by atoms with van der Waals surface area (Å²) in [4.78, 5) is 15.7. The van der Waals surface area contributed by atoms with Crippen LogP contribution in [-0.4, -0.2) is 17.4 Å². The molecule has 4 nitrogen and oxygen atoms in total. The molecule has 5 heteroatoms. The Labute approximate surface area is 123 Å². The Balaban J connectivity index is 1.80. The third-order valence-corrected chi connectivity index (χ3v) is 3.10. The number of halogens is 1. The number of pyridine rings is 1. The number of benzene rings is 1. The fraction of sp³-hybridized carbons (Fsp3) is 0.200. The first-order valence-electron chi connectivity index (χ1n) is 6.31. The maximum atomic E-state index is 11.8. The smallest absolute Gasteiger partial charge is 0.239 e. The Bertz CT molecular complexity index is 587. The molecule has 0 atom stereocenters. The summed E-state index contributed by atoms with van der Waals surface area (Å²) in [5, 5.41) is 6.63. The maximum Gasteiger partial charge on any atom is 0.239 e. The summed E-state index contributed by atoms with van der Waals surface area (Å²) < 4.78 is 0. The minimum atomic E-state index is -0.0591. The summed E-state index contributed by atoms with van der Waals surface area (Å²) in [6.07, 6.45) is 3.41. The number of anilines is 1. The van der Waals surface area contributed by atoms with Crippen molar-refractivity contribution in [2.24, 2.45) is 0 Å². The van der Waals surface area contributed by atoms with Crippen molar-refractivity contribution in [1.82, 2.24) is 10.3 Å². The highest BCUT2D eigenvalue weighted by Gasteiger charge is 2.03. The van der Waals surface area contributed by atoms with Gasteiger partial charge in [-0.1, -0.05) is 11.6 Å². The van der Waals surface area contributed by atoms with Gasteiger partial charge in [0.2, 0.25) is 5.91 Å². The molecule has 0 aliphatic carbocycles. The van der Waals surface area contributed by atoms with Gasteiger partial charge in [-0.05, 0) is 48.4 Å². The number of rotatable bonds is 5. The SMILES string of the molecule is Cc1cc(Cl)ccc1NCC(=O)NCc1ccncc1. The van der Waals surface area contributed by atoms with Gasteiger partial charge in [-0.15, -0.1) is 0 Å². The van der Waals surface area contributed by atoms with Crippen molar-refractivity contribution in [3.05, 3.63) is 58.9 Å². The maximum absolute atomic E-state index is 11.8. The van der Waals surface area contributed by atoms with Crippen LogP contribution < -0.4 is 10.6 Å². The van der Waals surface area contributed by atoms with Crippen LogP contribution in [-0.2, 0) is 11.3 Å². The van der Waals surface area contributed by atoms with E-state index in [1.807, 2.05) is 31.2 Å². The molecule has 0 aliphatic rings. The zero-order valence-electron chi connectivity index (χ0n) is 11.2. The van der Waals surface area contributed by atoms with Gasteiger partial charge in [0.25, 0.3) is 0 Å². The van der Waals surface area contributed by atoms with Gasteiger partial charge in [-0.25, -0.2) is 0 Å². The van der Waals surface area contributed by atoms with E-state index >= 15 is 0 Å². The molecule has 0 aliphatic heterocycles. The quantitative estimate of drug-likeness (QED) is 0.890. The molecule has 2 aromatic rings. The van der Waals surface area contributed by atoms with Crippen molar-refractivity contribution < 1.29 is 4.79 Å². The molecule has 1 heterocycles. The van der Waals surface area contributed by atoms with Gasteiger partial charge in [0.05, 0.1) is 6.54 Å². The lowest BCUT2D eigenvalue weighted by atomic mass is 10.2. The van der Waals surface area contributed by atoms with Crippen molar-refractivity contribution in [2.45, 2.75) is 13.5 Å². The molecule has 1 amide bonds. The molecule has 1 aromatic heterocycles. The van der Waals surface area contributed by atoms with E-state index in [1.165, 1.54) is 0 Å². The van der Waals surface area contributed by atoms with Gasteiger partial charge >= 0.3 is 0 Å². The molecule has 0 spiro atoms. The lowest BCUT2D eigenvalue weighted by Gasteiger charge is -2.10. The topological polar surface area (TPSA) is 54.0 Å². The first-order chi connectivity index (χ1) is 9.65. The molecular weight excluding hydrogens is 274 g/mol. The van der Waals surface area contributed by atoms with Crippen molar-refractivity contribution in [2.75, 3.05) is 11.9 Å². The van der Waals surface area contributed by atoms with Gasteiger partial charge in [0.1, 0.15) is 0 Å². The van der Waals surface area contributed by atoms with Gasteiger partial charge in [-0.3, -0.25) is 9.78 Å². The minimum absolute atomic E-state index is 0.0591. The molecule has 2 rings (SSSR count). The second kappa shape index (κ2) is 6.91. The van der Waals surface area contributed by atoms with Crippen molar-refractivity contribution in [3.8, 4) is 0 Å². The zero-order chi connectivity index (χ0) is 14.4. The summed E-state index contributed by atoms with van der Waals surface area (Å²) in [7, 11) is 0. The first kappa shape index (κ1) is 14.3. The van der Waals surface area contributed by atoms with Crippen LogP contribution in [0.15, 0.2) is 42.7 Å². The Hall–Kier alpha value is -2.07. The second-order valence-corrected chi connectivity index (χ2v) is 4.88. The standard InChI is InChI=1S/C15H16ClN3O/c1-11-8-13(16)2-3-14(11)18-10-15(20)19-9-12-4-6-17-7-5-12/h2-8,18H,9-10H2,1H3,(H,19,20). The summed E-state index contributed by atoms with van der Waals surface area (Å²) in [5.74, 6) is -0.0591. The van der Waals surface area contributed by atoms with E-state index < -0.39 is 0 Å². The van der Waals surface area contributed by atoms with E-state index in [0.717, 1.165) is 16.8 Å². The lowest BCUT2D eigenvalue weighted by Crippen LogP contribution is -2.29. The second-order valence-electron chi connectivity index (χ2n) is 4.44. The number of nitrogens with one attached hydrogen (secondary N) is 2. The predicted molar refractivity (Wildman–Crippen MR) is 80.8 cm³/mol. The third kappa shape index (κ3) is 4.24. The van der Waals surface area contributed by atoms with E-state index in [4.69, 9.17) is 11.6 Å². The highest BCUT2D eigenvalue weighted by atomic mass is 35.5. The third-order valence-electron chi connectivity index (χ3n) is 2.87. The Kier molecular flexibility index (Phi) is 4.96. The normalized spacial score (nSPS) is 10.1. The number of amides is 1. The largest absolute Gasteiger partial charge is 0.376 e. The number of hydrogen-bond acceptors (Lipinski definition) is 3. The Morgan fingerprint density at radius 3 is 2.70 bits per heavy atom. The first-order valence-corrected chi connectivity index (χ1v) is 6.68. The van der Waals surface area contributed by atoms with Crippen molar-refractivity contribution in [1.29, 1.82) is 0 Å². The van der Waals surface area contributed by atoms with Crippen LogP contribution in [0.1, 0.15) is 11.1 Å². The molecule has 0 radical (unpaired) electrons. The zero-order valence-corrected chi connectivity index (χ0v) is 11.9.